The summed E-state index contributed by atoms with van der Waals surface area (Å²) in [6, 6.07) is 5.56. The number of hydrogen-bond acceptors (Lipinski definition) is 4. The number of benzene rings is 1. The molecule has 0 N–H and O–H groups in total. The van der Waals surface area contributed by atoms with E-state index in [9.17, 15) is 4.79 Å². The monoisotopic (exact) mass is 503 g/mol. The van der Waals surface area contributed by atoms with Crippen molar-refractivity contribution in [3.8, 4) is 0 Å². The van der Waals surface area contributed by atoms with Gasteiger partial charge in [0.15, 0.2) is 8.32 Å². The Morgan fingerprint density at radius 2 is 1.81 bits per heavy atom. The minimum absolute atomic E-state index is 0.156. The molecule has 1 aliphatic heterocycles. The van der Waals surface area contributed by atoms with E-state index in [1.54, 1.807) is 11.0 Å². The van der Waals surface area contributed by atoms with Crippen LogP contribution in [-0.4, -0.2) is 51.2 Å². The lowest BCUT2D eigenvalue weighted by atomic mass is 9.87. The van der Waals surface area contributed by atoms with Gasteiger partial charge >= 0.3 is 6.09 Å². The summed E-state index contributed by atoms with van der Waals surface area (Å²) < 4.78 is 18.4. The van der Waals surface area contributed by atoms with Gasteiger partial charge in [-0.15, -0.1) is 0 Å². The predicted molar refractivity (Wildman–Crippen MR) is 134 cm³/mol. The van der Waals surface area contributed by atoms with E-state index in [0.29, 0.717) is 42.8 Å². The second-order valence-corrected chi connectivity index (χ2v) is 16.7. The molecule has 2 rings (SSSR count). The molecule has 1 aromatic rings. The summed E-state index contributed by atoms with van der Waals surface area (Å²) in [7, 11) is -1.83. The third-order valence-electron chi connectivity index (χ3n) is 6.28. The maximum absolute atomic E-state index is 12.8. The molecule has 182 valence electrons. The van der Waals surface area contributed by atoms with Gasteiger partial charge in [0.2, 0.25) is 0 Å². The molecule has 0 unspecified atom stereocenters. The highest BCUT2D eigenvalue weighted by Gasteiger charge is 2.42. The number of morpholine rings is 1. The molecule has 8 heteroatoms. The molecule has 1 amide bonds. The molecule has 1 aliphatic rings. The highest BCUT2D eigenvalue weighted by molar-refractivity contribution is 6.74. The molecule has 0 aromatic heterocycles. The summed E-state index contributed by atoms with van der Waals surface area (Å²) in [6.07, 6.45) is 1.16. The number of carbonyl (C=O) groups excluding carboxylic acids is 1. The van der Waals surface area contributed by atoms with Gasteiger partial charge in [-0.2, -0.15) is 0 Å². The van der Waals surface area contributed by atoms with Gasteiger partial charge in [-0.25, -0.2) is 4.79 Å². The number of amides is 1. The molecular formula is C24H39Cl2NO4Si. The summed E-state index contributed by atoms with van der Waals surface area (Å²) in [5.41, 5.74) is -0.341. The van der Waals surface area contributed by atoms with Crippen molar-refractivity contribution in [1.29, 1.82) is 0 Å². The summed E-state index contributed by atoms with van der Waals surface area (Å²) >= 11 is 12.5. The van der Waals surface area contributed by atoms with Gasteiger partial charge in [0.05, 0.1) is 23.2 Å². The van der Waals surface area contributed by atoms with Crippen molar-refractivity contribution in [3.63, 3.8) is 0 Å². The third-order valence-corrected chi connectivity index (χ3v) is 11.6. The van der Waals surface area contributed by atoms with E-state index in [2.05, 4.69) is 33.9 Å². The van der Waals surface area contributed by atoms with Crippen LogP contribution in [0.3, 0.4) is 0 Å². The summed E-state index contributed by atoms with van der Waals surface area (Å²) in [4.78, 5) is 14.5. The summed E-state index contributed by atoms with van der Waals surface area (Å²) in [6.45, 7) is 18.8. The lowest BCUT2D eigenvalue weighted by Crippen LogP contribution is -2.53. The first-order valence-corrected chi connectivity index (χ1v) is 14.9. The largest absolute Gasteiger partial charge is 0.444 e. The van der Waals surface area contributed by atoms with Gasteiger partial charge in [-0.3, -0.25) is 0 Å². The molecular weight excluding hydrogens is 465 g/mol. The van der Waals surface area contributed by atoms with Crippen molar-refractivity contribution >= 4 is 37.6 Å². The Labute approximate surface area is 204 Å². The first-order chi connectivity index (χ1) is 14.6. The number of carbonyl (C=O) groups is 1. The molecule has 32 heavy (non-hydrogen) atoms. The van der Waals surface area contributed by atoms with E-state index in [1.807, 2.05) is 32.9 Å². The Hall–Kier alpha value is -0.793. The normalized spacial score (nSPS) is 20.4. The van der Waals surface area contributed by atoms with Crippen LogP contribution >= 0.6 is 23.2 Å². The Kier molecular flexibility index (Phi) is 8.77. The Balaban J connectivity index is 2.22. The smallest absolute Gasteiger partial charge is 0.410 e. The maximum Gasteiger partial charge on any atom is 0.410 e. The number of hydrogen-bond donors (Lipinski definition) is 0. The zero-order chi connectivity index (χ0) is 24.4. The van der Waals surface area contributed by atoms with Crippen LogP contribution in [-0.2, 0) is 19.5 Å². The van der Waals surface area contributed by atoms with E-state index < -0.39 is 19.5 Å². The van der Waals surface area contributed by atoms with Gasteiger partial charge in [0.1, 0.15) is 11.2 Å². The fourth-order valence-electron chi connectivity index (χ4n) is 3.42. The molecule has 5 nitrogen and oxygen atoms in total. The second kappa shape index (κ2) is 10.2. The first kappa shape index (κ1) is 27.5. The minimum atomic E-state index is -1.83. The average Bonchev–Trinajstić information content (AvgIpc) is 2.65. The summed E-state index contributed by atoms with van der Waals surface area (Å²) in [5, 5.41) is 1.12. The van der Waals surface area contributed by atoms with Gasteiger partial charge in [-0.1, -0.05) is 50.0 Å². The fourth-order valence-corrected chi connectivity index (χ4v) is 4.80. The predicted octanol–water partition coefficient (Wildman–Crippen LogP) is 7.26. The summed E-state index contributed by atoms with van der Waals surface area (Å²) in [5.74, 6) is 0. The second-order valence-electron chi connectivity index (χ2n) is 11.1. The number of ether oxygens (including phenoxy) is 2. The molecule has 0 saturated carbocycles. The van der Waals surface area contributed by atoms with E-state index in [0.717, 1.165) is 12.0 Å². The Morgan fingerprint density at radius 3 is 2.38 bits per heavy atom. The minimum Gasteiger partial charge on any atom is -0.444 e. The third kappa shape index (κ3) is 7.10. The van der Waals surface area contributed by atoms with E-state index in [1.165, 1.54) is 0 Å². The number of nitrogens with zero attached hydrogens (tertiary/aromatic N) is 1. The van der Waals surface area contributed by atoms with Crippen LogP contribution in [0.25, 0.3) is 0 Å². The molecule has 1 atom stereocenters. The van der Waals surface area contributed by atoms with Crippen molar-refractivity contribution in [2.45, 2.75) is 83.7 Å². The maximum atomic E-state index is 12.8. The highest BCUT2D eigenvalue weighted by Crippen LogP contribution is 2.39. The van der Waals surface area contributed by atoms with Crippen LogP contribution in [0, 0.1) is 0 Å². The molecule has 0 aliphatic carbocycles. The SMILES string of the molecule is CC(C)(C)OC(=O)N1CCO[C@](CCCO[Si](C)(C)C(C)(C)C)(c2ccc(Cl)c(Cl)c2)C1. The van der Waals surface area contributed by atoms with Crippen LogP contribution < -0.4 is 0 Å². The fraction of sp³-hybridized carbons (Fsp3) is 0.708. The zero-order valence-corrected chi connectivity index (χ0v) is 23.3. The zero-order valence-electron chi connectivity index (χ0n) is 20.8. The average molecular weight is 505 g/mol. The topological polar surface area (TPSA) is 48.0 Å². The van der Waals surface area contributed by atoms with Crippen molar-refractivity contribution in [2.75, 3.05) is 26.3 Å². The van der Waals surface area contributed by atoms with Crippen LogP contribution in [0.5, 0.6) is 0 Å². The van der Waals surface area contributed by atoms with Crippen LogP contribution in [0.4, 0.5) is 4.79 Å². The van der Waals surface area contributed by atoms with E-state index in [4.69, 9.17) is 37.1 Å². The van der Waals surface area contributed by atoms with E-state index in [-0.39, 0.29) is 11.1 Å². The van der Waals surface area contributed by atoms with Crippen LogP contribution in [0.15, 0.2) is 18.2 Å². The van der Waals surface area contributed by atoms with Gasteiger partial charge in [0, 0.05) is 13.2 Å². The number of rotatable bonds is 6. The van der Waals surface area contributed by atoms with Crippen molar-refractivity contribution in [2.24, 2.45) is 0 Å². The highest BCUT2D eigenvalue weighted by atomic mass is 35.5. The lowest BCUT2D eigenvalue weighted by molar-refractivity contribution is -0.120. The van der Waals surface area contributed by atoms with Crippen molar-refractivity contribution in [3.05, 3.63) is 33.8 Å². The number of halogens is 2. The van der Waals surface area contributed by atoms with Gasteiger partial charge < -0.3 is 18.8 Å². The molecule has 0 spiro atoms. The quantitative estimate of drug-likeness (QED) is 0.302. The standard InChI is InChI=1S/C24H39Cl2NO4Si/c1-22(2,3)31-21(28)27-13-15-29-24(17-27,18-10-11-19(25)20(26)16-18)12-9-14-30-32(7,8)23(4,5)6/h10-11,16H,9,12-15,17H2,1-8H3/t24-/m0/s1. The van der Waals surface area contributed by atoms with Crippen LogP contribution in [0.2, 0.25) is 28.2 Å². The Bertz CT molecular complexity index is 804. The van der Waals surface area contributed by atoms with Crippen molar-refractivity contribution < 1.29 is 18.7 Å². The molecule has 0 bridgehead atoms. The first-order valence-electron chi connectivity index (χ1n) is 11.3. The molecule has 1 heterocycles. The van der Waals surface area contributed by atoms with Gasteiger partial charge in [-0.05, 0) is 69.4 Å². The molecule has 1 aromatic carbocycles. The Morgan fingerprint density at radius 1 is 1.16 bits per heavy atom. The van der Waals surface area contributed by atoms with Crippen LogP contribution in [0.1, 0.15) is 59.9 Å². The van der Waals surface area contributed by atoms with E-state index >= 15 is 0 Å². The molecule has 1 fully saturated rings. The van der Waals surface area contributed by atoms with Gasteiger partial charge in [0.25, 0.3) is 0 Å². The molecule has 1 saturated heterocycles. The lowest BCUT2D eigenvalue weighted by Gasteiger charge is -2.44. The molecule has 0 radical (unpaired) electrons. The van der Waals surface area contributed by atoms with Crippen molar-refractivity contribution in [1.82, 2.24) is 4.90 Å².